The molecule has 1 aromatic carbocycles. The molecule has 0 atom stereocenters. The highest BCUT2D eigenvalue weighted by molar-refractivity contribution is 5.88. The van der Waals surface area contributed by atoms with Crippen LogP contribution in [-0.2, 0) is 13.6 Å². The van der Waals surface area contributed by atoms with E-state index in [-0.39, 0.29) is 5.56 Å². The highest BCUT2D eigenvalue weighted by Crippen LogP contribution is 2.12. The molecule has 0 saturated carbocycles. The normalized spacial score (nSPS) is 10.6. The standard InChI is InChI=1S/C15H19N3O3/c1-11-4-3-5-12(8-11)21-7-6-16-10-14-13(15(19)20)9-17-18(14)2/h3-5,8-9,16H,6-7,10H2,1-2H3,(H,19,20). The molecule has 6 heteroatoms. The molecule has 0 aliphatic rings. The molecule has 0 radical (unpaired) electrons. The number of rotatable bonds is 7. The number of aryl methyl sites for hydroxylation is 2. The Kier molecular flexibility index (Phi) is 4.94. The van der Waals surface area contributed by atoms with Gasteiger partial charge < -0.3 is 15.2 Å². The summed E-state index contributed by atoms with van der Waals surface area (Å²) in [5, 5.41) is 16.2. The van der Waals surface area contributed by atoms with Crippen LogP contribution in [0.2, 0.25) is 0 Å². The number of aromatic carboxylic acids is 1. The average molecular weight is 289 g/mol. The van der Waals surface area contributed by atoms with Crippen LogP contribution < -0.4 is 10.1 Å². The third-order valence-electron chi connectivity index (χ3n) is 3.12. The van der Waals surface area contributed by atoms with Gasteiger partial charge in [0.1, 0.15) is 17.9 Å². The van der Waals surface area contributed by atoms with Crippen molar-refractivity contribution < 1.29 is 14.6 Å². The number of nitrogens with zero attached hydrogens (tertiary/aromatic N) is 2. The van der Waals surface area contributed by atoms with Gasteiger partial charge in [0.05, 0.1) is 11.9 Å². The molecular formula is C15H19N3O3. The van der Waals surface area contributed by atoms with Crippen molar-refractivity contribution in [1.82, 2.24) is 15.1 Å². The molecule has 0 spiro atoms. The Morgan fingerprint density at radius 2 is 2.29 bits per heavy atom. The number of carboxylic acids is 1. The monoisotopic (exact) mass is 289 g/mol. The minimum absolute atomic E-state index is 0.226. The SMILES string of the molecule is Cc1cccc(OCCNCc2c(C(=O)O)cnn2C)c1. The average Bonchev–Trinajstić information content (AvgIpc) is 2.80. The lowest BCUT2D eigenvalue weighted by molar-refractivity contribution is 0.0695. The van der Waals surface area contributed by atoms with E-state index in [0.717, 1.165) is 11.3 Å². The summed E-state index contributed by atoms with van der Waals surface area (Å²) in [6, 6.07) is 7.86. The van der Waals surface area contributed by atoms with Crippen molar-refractivity contribution in [3.8, 4) is 5.75 Å². The maximum atomic E-state index is 11.0. The molecule has 1 aromatic heterocycles. The Morgan fingerprint density at radius 3 is 3.00 bits per heavy atom. The van der Waals surface area contributed by atoms with Gasteiger partial charge in [-0.3, -0.25) is 4.68 Å². The second-order valence-electron chi connectivity index (χ2n) is 4.78. The summed E-state index contributed by atoms with van der Waals surface area (Å²) in [5.74, 6) is -0.125. The molecule has 0 saturated heterocycles. The first kappa shape index (κ1) is 15.1. The predicted octanol–water partition coefficient (Wildman–Crippen LogP) is 1.60. The van der Waals surface area contributed by atoms with Gasteiger partial charge in [0.25, 0.3) is 0 Å². The molecule has 6 nitrogen and oxygen atoms in total. The number of hydrogen-bond donors (Lipinski definition) is 2. The van der Waals surface area contributed by atoms with Crippen LogP contribution in [0.3, 0.4) is 0 Å². The lowest BCUT2D eigenvalue weighted by Crippen LogP contribution is -2.23. The Bertz CT molecular complexity index is 622. The van der Waals surface area contributed by atoms with Crippen molar-refractivity contribution in [2.75, 3.05) is 13.2 Å². The van der Waals surface area contributed by atoms with Crippen molar-refractivity contribution in [2.24, 2.45) is 7.05 Å². The predicted molar refractivity (Wildman–Crippen MR) is 78.5 cm³/mol. The van der Waals surface area contributed by atoms with E-state index < -0.39 is 5.97 Å². The van der Waals surface area contributed by atoms with Crippen molar-refractivity contribution >= 4 is 5.97 Å². The first-order valence-electron chi connectivity index (χ1n) is 6.72. The van der Waals surface area contributed by atoms with Crippen molar-refractivity contribution in [3.63, 3.8) is 0 Å². The van der Waals surface area contributed by atoms with Crippen LogP contribution in [-0.4, -0.2) is 34.0 Å². The van der Waals surface area contributed by atoms with E-state index in [2.05, 4.69) is 10.4 Å². The van der Waals surface area contributed by atoms with Gasteiger partial charge in [-0.25, -0.2) is 4.79 Å². The first-order valence-corrected chi connectivity index (χ1v) is 6.72. The molecule has 2 aromatic rings. The fourth-order valence-corrected chi connectivity index (χ4v) is 2.00. The van der Waals surface area contributed by atoms with E-state index in [4.69, 9.17) is 9.84 Å². The molecule has 0 aliphatic carbocycles. The van der Waals surface area contributed by atoms with Gasteiger partial charge in [-0.05, 0) is 24.6 Å². The molecule has 0 amide bonds. The van der Waals surface area contributed by atoms with Crippen LogP contribution in [0.1, 0.15) is 21.6 Å². The maximum Gasteiger partial charge on any atom is 0.339 e. The third kappa shape index (κ3) is 4.06. The van der Waals surface area contributed by atoms with E-state index in [1.165, 1.54) is 6.20 Å². The van der Waals surface area contributed by atoms with Gasteiger partial charge in [-0.2, -0.15) is 5.10 Å². The van der Waals surface area contributed by atoms with Crippen LogP contribution in [0.25, 0.3) is 0 Å². The molecule has 2 rings (SSSR count). The zero-order chi connectivity index (χ0) is 15.2. The molecule has 0 unspecified atom stereocenters. The lowest BCUT2D eigenvalue weighted by atomic mass is 10.2. The second kappa shape index (κ2) is 6.90. The maximum absolute atomic E-state index is 11.0. The van der Waals surface area contributed by atoms with E-state index in [1.54, 1.807) is 11.7 Å². The summed E-state index contributed by atoms with van der Waals surface area (Å²) in [6.07, 6.45) is 1.36. The van der Waals surface area contributed by atoms with Crippen molar-refractivity contribution in [3.05, 3.63) is 47.3 Å². The number of benzene rings is 1. The van der Waals surface area contributed by atoms with E-state index >= 15 is 0 Å². The minimum atomic E-state index is -0.962. The molecular weight excluding hydrogens is 270 g/mol. The number of ether oxygens (including phenoxy) is 1. The summed E-state index contributed by atoms with van der Waals surface area (Å²) >= 11 is 0. The smallest absolute Gasteiger partial charge is 0.339 e. The quantitative estimate of drug-likeness (QED) is 0.757. The first-order chi connectivity index (χ1) is 10.1. The van der Waals surface area contributed by atoms with Crippen molar-refractivity contribution in [2.45, 2.75) is 13.5 Å². The van der Waals surface area contributed by atoms with Crippen LogP contribution in [0.4, 0.5) is 0 Å². The largest absolute Gasteiger partial charge is 0.492 e. The van der Waals surface area contributed by atoms with Crippen LogP contribution >= 0.6 is 0 Å². The van der Waals surface area contributed by atoms with Crippen LogP contribution in [0, 0.1) is 6.92 Å². The molecule has 21 heavy (non-hydrogen) atoms. The number of carboxylic acid groups (broad SMARTS) is 1. The lowest BCUT2D eigenvalue weighted by Gasteiger charge is -2.09. The fraction of sp³-hybridized carbons (Fsp3) is 0.333. The van der Waals surface area contributed by atoms with Crippen LogP contribution in [0.15, 0.2) is 30.5 Å². The topological polar surface area (TPSA) is 76.4 Å². The highest BCUT2D eigenvalue weighted by Gasteiger charge is 2.14. The third-order valence-corrected chi connectivity index (χ3v) is 3.12. The summed E-state index contributed by atoms with van der Waals surface area (Å²) in [6.45, 7) is 3.60. The van der Waals surface area contributed by atoms with Crippen LogP contribution in [0.5, 0.6) is 5.75 Å². The second-order valence-corrected chi connectivity index (χ2v) is 4.78. The summed E-state index contributed by atoms with van der Waals surface area (Å²) in [4.78, 5) is 11.0. The molecule has 112 valence electrons. The zero-order valence-corrected chi connectivity index (χ0v) is 12.2. The molecule has 0 fully saturated rings. The number of carbonyl (C=O) groups is 1. The van der Waals surface area contributed by atoms with E-state index in [9.17, 15) is 4.79 Å². The Hall–Kier alpha value is -2.34. The van der Waals surface area contributed by atoms with Crippen molar-refractivity contribution in [1.29, 1.82) is 0 Å². The molecule has 2 N–H and O–H groups in total. The van der Waals surface area contributed by atoms with Gasteiger partial charge >= 0.3 is 5.97 Å². The van der Waals surface area contributed by atoms with E-state index in [0.29, 0.717) is 25.4 Å². The summed E-state index contributed by atoms with van der Waals surface area (Å²) < 4.78 is 7.18. The number of nitrogens with one attached hydrogen (secondary N) is 1. The van der Waals surface area contributed by atoms with Gasteiger partial charge in [-0.15, -0.1) is 0 Å². The van der Waals surface area contributed by atoms with Gasteiger partial charge in [0.15, 0.2) is 0 Å². The van der Waals surface area contributed by atoms with Gasteiger partial charge in [0, 0.05) is 20.1 Å². The summed E-state index contributed by atoms with van der Waals surface area (Å²) in [5.41, 5.74) is 2.03. The fourth-order valence-electron chi connectivity index (χ4n) is 2.00. The molecule has 0 bridgehead atoms. The summed E-state index contributed by atoms with van der Waals surface area (Å²) in [7, 11) is 1.73. The number of aromatic nitrogens is 2. The Balaban J connectivity index is 1.78. The highest BCUT2D eigenvalue weighted by atomic mass is 16.5. The zero-order valence-electron chi connectivity index (χ0n) is 12.2. The molecule has 1 heterocycles. The van der Waals surface area contributed by atoms with Gasteiger partial charge in [-0.1, -0.05) is 12.1 Å². The van der Waals surface area contributed by atoms with Gasteiger partial charge in [0.2, 0.25) is 0 Å². The van der Waals surface area contributed by atoms with E-state index in [1.807, 2.05) is 31.2 Å². The Labute approximate surface area is 123 Å². The minimum Gasteiger partial charge on any atom is -0.492 e. The Morgan fingerprint density at radius 1 is 1.48 bits per heavy atom. The number of hydrogen-bond acceptors (Lipinski definition) is 4. The molecule has 0 aliphatic heterocycles.